The maximum Gasteiger partial charge on any atom is 0.254 e. The number of aryl methyl sites for hydroxylation is 3. The fourth-order valence-electron chi connectivity index (χ4n) is 4.67. The van der Waals surface area contributed by atoms with Crippen LogP contribution >= 0.6 is 11.6 Å². The molecule has 0 unspecified atom stereocenters. The molecule has 2 aromatic carbocycles. The molecule has 30 heavy (non-hydrogen) atoms. The van der Waals surface area contributed by atoms with Crippen LogP contribution < -0.4 is 0 Å². The van der Waals surface area contributed by atoms with Crippen LogP contribution in [-0.2, 0) is 6.54 Å². The van der Waals surface area contributed by atoms with Crippen LogP contribution in [0, 0.1) is 20.8 Å². The van der Waals surface area contributed by atoms with Gasteiger partial charge >= 0.3 is 0 Å². The average molecular weight is 421 g/mol. The first-order chi connectivity index (χ1) is 14.4. The SMILES string of the molecule is Cc1cccc(C(=O)N(Cc2cc3cc(C)cc(C)c3nc2Cl)C2CCCCC2)c1. The van der Waals surface area contributed by atoms with Crippen LogP contribution in [0.2, 0.25) is 5.15 Å². The lowest BCUT2D eigenvalue weighted by molar-refractivity contribution is 0.0614. The van der Waals surface area contributed by atoms with Crippen molar-refractivity contribution in [3.8, 4) is 0 Å². The van der Waals surface area contributed by atoms with Crippen LogP contribution in [0.5, 0.6) is 0 Å². The van der Waals surface area contributed by atoms with Gasteiger partial charge < -0.3 is 4.90 Å². The zero-order chi connectivity index (χ0) is 21.3. The van der Waals surface area contributed by atoms with Crippen molar-refractivity contribution in [2.75, 3.05) is 0 Å². The van der Waals surface area contributed by atoms with Crippen LogP contribution in [0.3, 0.4) is 0 Å². The highest BCUT2D eigenvalue weighted by Gasteiger charge is 2.27. The normalized spacial score (nSPS) is 14.8. The van der Waals surface area contributed by atoms with Gasteiger partial charge in [-0.15, -0.1) is 0 Å². The number of hydrogen-bond acceptors (Lipinski definition) is 2. The lowest BCUT2D eigenvalue weighted by Gasteiger charge is -2.35. The van der Waals surface area contributed by atoms with Crippen molar-refractivity contribution in [1.82, 2.24) is 9.88 Å². The average Bonchev–Trinajstić information content (AvgIpc) is 2.73. The molecule has 156 valence electrons. The predicted molar refractivity (Wildman–Crippen MR) is 124 cm³/mol. The Balaban J connectivity index is 1.72. The van der Waals surface area contributed by atoms with Crippen LogP contribution in [0.1, 0.15) is 64.7 Å². The minimum Gasteiger partial charge on any atom is -0.331 e. The van der Waals surface area contributed by atoms with Crippen LogP contribution in [0.25, 0.3) is 10.9 Å². The van der Waals surface area contributed by atoms with E-state index in [9.17, 15) is 4.79 Å². The molecule has 0 spiro atoms. The number of halogens is 1. The zero-order valence-corrected chi connectivity index (χ0v) is 18.8. The van der Waals surface area contributed by atoms with Gasteiger partial charge in [-0.1, -0.05) is 60.2 Å². The number of rotatable bonds is 4. The first-order valence-electron chi connectivity index (χ1n) is 10.9. The van der Waals surface area contributed by atoms with E-state index < -0.39 is 0 Å². The van der Waals surface area contributed by atoms with E-state index in [1.807, 2.05) is 36.1 Å². The molecule has 1 saturated carbocycles. The number of pyridine rings is 1. The van der Waals surface area contributed by atoms with E-state index in [1.165, 1.54) is 24.8 Å². The summed E-state index contributed by atoms with van der Waals surface area (Å²) in [5, 5.41) is 1.57. The number of nitrogens with zero attached hydrogens (tertiary/aromatic N) is 2. The van der Waals surface area contributed by atoms with Gasteiger partial charge in [0.05, 0.1) is 5.52 Å². The summed E-state index contributed by atoms with van der Waals surface area (Å²) in [5.74, 6) is 0.0854. The summed E-state index contributed by atoms with van der Waals surface area (Å²) < 4.78 is 0. The van der Waals surface area contributed by atoms with Crippen molar-refractivity contribution in [3.05, 3.63) is 75.4 Å². The zero-order valence-electron chi connectivity index (χ0n) is 18.0. The second kappa shape index (κ2) is 8.77. The molecule has 1 amide bonds. The van der Waals surface area contributed by atoms with E-state index in [-0.39, 0.29) is 11.9 Å². The summed E-state index contributed by atoms with van der Waals surface area (Å²) in [6, 6.07) is 14.5. The third kappa shape index (κ3) is 4.37. The molecule has 1 aromatic heterocycles. The molecule has 4 rings (SSSR count). The Hall–Kier alpha value is -2.39. The number of carbonyl (C=O) groups excluding carboxylic acids is 1. The number of fused-ring (bicyclic) bond motifs is 1. The molecule has 0 radical (unpaired) electrons. The first kappa shape index (κ1) is 20.9. The first-order valence-corrected chi connectivity index (χ1v) is 11.2. The topological polar surface area (TPSA) is 33.2 Å². The molecule has 3 aromatic rings. The van der Waals surface area contributed by atoms with Gasteiger partial charge in [0, 0.05) is 29.1 Å². The molecule has 0 bridgehead atoms. The number of hydrogen-bond donors (Lipinski definition) is 0. The largest absolute Gasteiger partial charge is 0.331 e. The number of carbonyl (C=O) groups is 1. The molecule has 1 aliphatic rings. The smallest absolute Gasteiger partial charge is 0.254 e. The molecule has 4 heteroatoms. The van der Waals surface area contributed by atoms with Gasteiger partial charge in [-0.2, -0.15) is 0 Å². The molecule has 0 aliphatic heterocycles. The number of benzene rings is 2. The Morgan fingerprint density at radius 2 is 1.80 bits per heavy atom. The van der Waals surface area contributed by atoms with Crippen molar-refractivity contribution in [2.45, 2.75) is 65.5 Å². The van der Waals surface area contributed by atoms with Crippen molar-refractivity contribution in [3.63, 3.8) is 0 Å². The molecular weight excluding hydrogens is 392 g/mol. The van der Waals surface area contributed by atoms with Gasteiger partial charge in [0.25, 0.3) is 5.91 Å². The van der Waals surface area contributed by atoms with Gasteiger partial charge in [0.2, 0.25) is 0 Å². The Morgan fingerprint density at radius 3 is 2.53 bits per heavy atom. The lowest BCUT2D eigenvalue weighted by atomic mass is 9.93. The summed E-state index contributed by atoms with van der Waals surface area (Å²) in [7, 11) is 0. The van der Waals surface area contributed by atoms with Gasteiger partial charge in [0.1, 0.15) is 5.15 Å². The highest BCUT2D eigenvalue weighted by Crippen LogP contribution is 2.29. The van der Waals surface area contributed by atoms with E-state index in [1.54, 1.807) is 0 Å². The van der Waals surface area contributed by atoms with Crippen LogP contribution in [0.15, 0.2) is 42.5 Å². The quantitative estimate of drug-likeness (QED) is 0.435. The minimum absolute atomic E-state index is 0.0854. The standard InChI is InChI=1S/C26H29ClN2O/c1-17-8-7-9-20(13-17)26(30)29(23-10-5-4-6-11-23)16-22-15-21-14-18(2)12-19(3)24(21)28-25(22)27/h7-9,12-15,23H,4-6,10-11,16H2,1-3H3. The number of amides is 1. The van der Waals surface area contributed by atoms with Crippen LogP contribution in [0.4, 0.5) is 0 Å². The molecule has 0 N–H and O–H groups in total. The van der Waals surface area contributed by atoms with Crippen LogP contribution in [-0.4, -0.2) is 21.8 Å². The summed E-state index contributed by atoms with van der Waals surface area (Å²) >= 11 is 6.62. The predicted octanol–water partition coefficient (Wildman–Crippen LogP) is 6.79. The Kier molecular flexibility index (Phi) is 6.10. The highest BCUT2D eigenvalue weighted by molar-refractivity contribution is 6.30. The molecule has 0 atom stereocenters. The molecule has 3 nitrogen and oxygen atoms in total. The fraction of sp³-hybridized carbons (Fsp3) is 0.385. The molecule has 1 heterocycles. The summed E-state index contributed by atoms with van der Waals surface area (Å²) in [6.45, 7) is 6.67. The van der Waals surface area contributed by atoms with Crippen molar-refractivity contribution < 1.29 is 4.79 Å². The molecule has 1 fully saturated rings. The van der Waals surface area contributed by atoms with E-state index >= 15 is 0 Å². The Morgan fingerprint density at radius 1 is 1.03 bits per heavy atom. The van der Waals surface area contributed by atoms with Crippen molar-refractivity contribution in [2.24, 2.45) is 0 Å². The molecule has 0 saturated heterocycles. The van der Waals surface area contributed by atoms with Gasteiger partial charge in [-0.25, -0.2) is 4.98 Å². The minimum atomic E-state index is 0.0854. The maximum absolute atomic E-state index is 13.5. The second-order valence-electron chi connectivity index (χ2n) is 8.69. The lowest BCUT2D eigenvalue weighted by Crippen LogP contribution is -2.41. The van der Waals surface area contributed by atoms with Gasteiger partial charge in [-0.3, -0.25) is 4.79 Å². The highest BCUT2D eigenvalue weighted by atomic mass is 35.5. The van der Waals surface area contributed by atoms with Crippen molar-refractivity contribution in [1.29, 1.82) is 0 Å². The Bertz CT molecular complexity index is 1090. The van der Waals surface area contributed by atoms with Gasteiger partial charge in [0.15, 0.2) is 0 Å². The summed E-state index contributed by atoms with van der Waals surface area (Å²) in [5.41, 5.74) is 6.02. The number of aromatic nitrogens is 1. The summed E-state index contributed by atoms with van der Waals surface area (Å²) in [6.07, 6.45) is 5.69. The van der Waals surface area contributed by atoms with E-state index in [4.69, 9.17) is 11.6 Å². The monoisotopic (exact) mass is 420 g/mol. The van der Waals surface area contributed by atoms with E-state index in [2.05, 4.69) is 37.0 Å². The third-order valence-electron chi connectivity index (χ3n) is 6.16. The Labute approximate surface area is 184 Å². The maximum atomic E-state index is 13.5. The van der Waals surface area contributed by atoms with E-state index in [0.717, 1.165) is 46.0 Å². The van der Waals surface area contributed by atoms with Crippen molar-refractivity contribution >= 4 is 28.4 Å². The molecular formula is C26H29ClN2O. The van der Waals surface area contributed by atoms with E-state index in [0.29, 0.717) is 11.7 Å². The molecule has 1 aliphatic carbocycles. The summed E-state index contributed by atoms with van der Waals surface area (Å²) in [4.78, 5) is 20.3. The third-order valence-corrected chi connectivity index (χ3v) is 6.49. The second-order valence-corrected chi connectivity index (χ2v) is 9.04. The van der Waals surface area contributed by atoms with Gasteiger partial charge in [-0.05, 0) is 63.4 Å². The fourth-order valence-corrected chi connectivity index (χ4v) is 4.87.